The Kier molecular flexibility index (Phi) is 4.19. The highest BCUT2D eigenvalue weighted by molar-refractivity contribution is 4.81. The van der Waals surface area contributed by atoms with Crippen LogP contribution >= 0.6 is 0 Å². The molecule has 0 aromatic heterocycles. The molecular weight excluding hydrogens is 184 g/mol. The summed E-state index contributed by atoms with van der Waals surface area (Å²) in [6.45, 7) is 13.1. The summed E-state index contributed by atoms with van der Waals surface area (Å²) in [7, 11) is 2.05. The van der Waals surface area contributed by atoms with Crippen LogP contribution in [0.15, 0.2) is 0 Å². The quantitative estimate of drug-likeness (QED) is 0.770. The molecule has 1 fully saturated rings. The standard InChI is InChI=1S/C13H28N2/c1-12(2)6-9-15(10-7-12)11-8-13(3,4)14-5/h14H,6-11H2,1-5H3. The second kappa shape index (κ2) is 4.84. The summed E-state index contributed by atoms with van der Waals surface area (Å²) < 4.78 is 0. The van der Waals surface area contributed by atoms with Gasteiger partial charge < -0.3 is 10.2 Å². The molecule has 0 aliphatic carbocycles. The van der Waals surface area contributed by atoms with E-state index in [4.69, 9.17) is 0 Å². The fourth-order valence-corrected chi connectivity index (χ4v) is 1.94. The van der Waals surface area contributed by atoms with E-state index in [1.54, 1.807) is 0 Å². The summed E-state index contributed by atoms with van der Waals surface area (Å²) in [6, 6.07) is 0. The van der Waals surface area contributed by atoms with Crippen molar-refractivity contribution in [2.45, 2.75) is 52.5 Å². The van der Waals surface area contributed by atoms with Crippen LogP contribution in [0.1, 0.15) is 47.0 Å². The zero-order chi connectivity index (χ0) is 11.5. The van der Waals surface area contributed by atoms with Gasteiger partial charge in [-0.15, -0.1) is 0 Å². The molecule has 0 aromatic rings. The van der Waals surface area contributed by atoms with E-state index in [0.717, 1.165) is 0 Å². The molecule has 1 heterocycles. The number of hydrogen-bond acceptors (Lipinski definition) is 2. The highest BCUT2D eigenvalue weighted by atomic mass is 15.1. The monoisotopic (exact) mass is 212 g/mol. The maximum absolute atomic E-state index is 3.37. The molecule has 0 unspecified atom stereocenters. The molecule has 1 saturated heterocycles. The van der Waals surface area contributed by atoms with Gasteiger partial charge >= 0.3 is 0 Å². The van der Waals surface area contributed by atoms with Gasteiger partial charge in [-0.25, -0.2) is 0 Å². The zero-order valence-electron chi connectivity index (χ0n) is 11.2. The fourth-order valence-electron chi connectivity index (χ4n) is 1.94. The summed E-state index contributed by atoms with van der Waals surface area (Å²) in [5.41, 5.74) is 0.863. The number of hydrogen-bond donors (Lipinski definition) is 1. The minimum absolute atomic E-state index is 0.285. The predicted octanol–water partition coefficient (Wildman–Crippen LogP) is 2.50. The van der Waals surface area contributed by atoms with Gasteiger partial charge in [-0.2, -0.15) is 0 Å². The minimum Gasteiger partial charge on any atom is -0.315 e. The number of piperidine rings is 1. The van der Waals surface area contributed by atoms with Gasteiger partial charge in [0.2, 0.25) is 0 Å². The van der Waals surface area contributed by atoms with Crippen LogP contribution in [0, 0.1) is 5.41 Å². The van der Waals surface area contributed by atoms with Crippen LogP contribution in [0.25, 0.3) is 0 Å². The Morgan fingerprint density at radius 3 is 2.20 bits per heavy atom. The third-order valence-electron chi connectivity index (χ3n) is 3.94. The molecule has 2 heteroatoms. The van der Waals surface area contributed by atoms with Gasteiger partial charge in [0.05, 0.1) is 0 Å². The highest BCUT2D eigenvalue weighted by Crippen LogP contribution is 2.29. The van der Waals surface area contributed by atoms with Crippen molar-refractivity contribution in [3.05, 3.63) is 0 Å². The Morgan fingerprint density at radius 2 is 1.73 bits per heavy atom. The second-order valence-corrected chi connectivity index (χ2v) is 6.39. The highest BCUT2D eigenvalue weighted by Gasteiger charge is 2.26. The van der Waals surface area contributed by atoms with Crippen molar-refractivity contribution in [1.82, 2.24) is 10.2 Å². The van der Waals surface area contributed by atoms with Crippen molar-refractivity contribution in [3.8, 4) is 0 Å². The van der Waals surface area contributed by atoms with E-state index in [2.05, 4.69) is 45.0 Å². The van der Waals surface area contributed by atoms with E-state index in [9.17, 15) is 0 Å². The number of nitrogens with one attached hydrogen (secondary N) is 1. The topological polar surface area (TPSA) is 15.3 Å². The Morgan fingerprint density at radius 1 is 1.20 bits per heavy atom. The number of likely N-dealkylation sites (tertiary alicyclic amines) is 1. The smallest absolute Gasteiger partial charge is 0.0134 e. The van der Waals surface area contributed by atoms with Gasteiger partial charge in [-0.1, -0.05) is 13.8 Å². The van der Waals surface area contributed by atoms with E-state index in [1.807, 2.05) is 0 Å². The van der Waals surface area contributed by atoms with E-state index < -0.39 is 0 Å². The summed E-state index contributed by atoms with van der Waals surface area (Å²) in [5, 5.41) is 3.37. The third kappa shape index (κ3) is 4.52. The normalized spacial score (nSPS) is 23.0. The zero-order valence-corrected chi connectivity index (χ0v) is 11.2. The molecule has 0 amide bonds. The lowest BCUT2D eigenvalue weighted by Crippen LogP contribution is -2.43. The average Bonchev–Trinajstić information content (AvgIpc) is 2.16. The van der Waals surface area contributed by atoms with E-state index in [-0.39, 0.29) is 5.54 Å². The molecular formula is C13H28N2. The molecule has 0 aromatic carbocycles. The van der Waals surface area contributed by atoms with Crippen LogP contribution in [0.5, 0.6) is 0 Å². The maximum atomic E-state index is 3.37. The molecule has 90 valence electrons. The summed E-state index contributed by atoms with van der Waals surface area (Å²) in [5.74, 6) is 0. The first-order valence-electron chi connectivity index (χ1n) is 6.26. The van der Waals surface area contributed by atoms with Crippen LogP contribution in [0.2, 0.25) is 0 Å². The Balaban J connectivity index is 2.25. The van der Waals surface area contributed by atoms with Crippen LogP contribution in [-0.2, 0) is 0 Å². The Labute approximate surface area is 95.4 Å². The van der Waals surface area contributed by atoms with Crippen molar-refractivity contribution in [2.24, 2.45) is 5.41 Å². The van der Waals surface area contributed by atoms with E-state index in [1.165, 1.54) is 38.9 Å². The maximum Gasteiger partial charge on any atom is 0.0134 e. The molecule has 1 rings (SSSR count). The SMILES string of the molecule is CNC(C)(C)CCN1CCC(C)(C)CC1. The molecule has 2 nitrogen and oxygen atoms in total. The third-order valence-corrected chi connectivity index (χ3v) is 3.94. The Bertz CT molecular complexity index is 187. The van der Waals surface area contributed by atoms with Gasteiger partial charge in [0.15, 0.2) is 0 Å². The summed E-state index contributed by atoms with van der Waals surface area (Å²) >= 11 is 0. The second-order valence-electron chi connectivity index (χ2n) is 6.39. The van der Waals surface area contributed by atoms with Crippen molar-refractivity contribution in [1.29, 1.82) is 0 Å². The van der Waals surface area contributed by atoms with E-state index >= 15 is 0 Å². The van der Waals surface area contributed by atoms with Gasteiger partial charge in [0, 0.05) is 5.54 Å². The minimum atomic E-state index is 0.285. The average molecular weight is 212 g/mol. The molecule has 0 spiro atoms. The first kappa shape index (κ1) is 13.0. The fraction of sp³-hybridized carbons (Fsp3) is 1.00. The lowest BCUT2D eigenvalue weighted by atomic mass is 9.82. The lowest BCUT2D eigenvalue weighted by molar-refractivity contribution is 0.123. The molecule has 1 N–H and O–H groups in total. The van der Waals surface area contributed by atoms with Crippen molar-refractivity contribution < 1.29 is 0 Å². The molecule has 0 atom stereocenters. The van der Waals surface area contributed by atoms with Crippen molar-refractivity contribution >= 4 is 0 Å². The molecule has 15 heavy (non-hydrogen) atoms. The van der Waals surface area contributed by atoms with Gasteiger partial charge in [-0.05, 0) is 65.2 Å². The van der Waals surface area contributed by atoms with Gasteiger partial charge in [0.25, 0.3) is 0 Å². The number of nitrogens with zero attached hydrogens (tertiary/aromatic N) is 1. The summed E-state index contributed by atoms with van der Waals surface area (Å²) in [6.07, 6.45) is 3.95. The van der Waals surface area contributed by atoms with Crippen LogP contribution in [0.3, 0.4) is 0 Å². The van der Waals surface area contributed by atoms with Crippen molar-refractivity contribution in [2.75, 3.05) is 26.7 Å². The predicted molar refractivity (Wildman–Crippen MR) is 67.2 cm³/mol. The summed E-state index contributed by atoms with van der Waals surface area (Å²) in [4.78, 5) is 2.62. The molecule has 1 aliphatic rings. The lowest BCUT2D eigenvalue weighted by Gasteiger charge is -2.38. The van der Waals surface area contributed by atoms with Crippen LogP contribution < -0.4 is 5.32 Å². The number of rotatable bonds is 4. The molecule has 1 aliphatic heterocycles. The molecule has 0 saturated carbocycles. The first-order valence-corrected chi connectivity index (χ1v) is 6.26. The first-order chi connectivity index (χ1) is 6.85. The van der Waals surface area contributed by atoms with Crippen LogP contribution in [0.4, 0.5) is 0 Å². The van der Waals surface area contributed by atoms with E-state index in [0.29, 0.717) is 5.41 Å². The van der Waals surface area contributed by atoms with Crippen molar-refractivity contribution in [3.63, 3.8) is 0 Å². The largest absolute Gasteiger partial charge is 0.315 e. The Hall–Kier alpha value is -0.0800. The van der Waals surface area contributed by atoms with Gasteiger partial charge in [0.1, 0.15) is 0 Å². The molecule has 0 radical (unpaired) electrons. The molecule has 0 bridgehead atoms. The van der Waals surface area contributed by atoms with Crippen LogP contribution in [-0.4, -0.2) is 37.1 Å². The van der Waals surface area contributed by atoms with Gasteiger partial charge in [-0.3, -0.25) is 0 Å².